The third-order valence-corrected chi connectivity index (χ3v) is 1.71. The highest BCUT2D eigenvalue weighted by Crippen LogP contribution is 2.11. The minimum atomic E-state index is 0.488. The fraction of sp³-hybridized carbons (Fsp3) is 0.500. The van der Waals surface area contributed by atoms with Gasteiger partial charge in [-0.3, -0.25) is 4.98 Å². The summed E-state index contributed by atoms with van der Waals surface area (Å²) in [7, 11) is 1.68. The molecular formula is C10H15NO. The maximum Gasteiger partial charge on any atom is 0.0884 e. The summed E-state index contributed by atoms with van der Waals surface area (Å²) in [6, 6.07) is 6.05. The van der Waals surface area contributed by atoms with Gasteiger partial charge in [0.25, 0.3) is 0 Å². The highest BCUT2D eigenvalue weighted by molar-refractivity contribution is 5.13. The van der Waals surface area contributed by atoms with Crippen molar-refractivity contribution in [3.05, 3.63) is 29.6 Å². The van der Waals surface area contributed by atoms with Gasteiger partial charge in [-0.1, -0.05) is 19.9 Å². The molecule has 0 aliphatic heterocycles. The van der Waals surface area contributed by atoms with E-state index in [1.807, 2.05) is 18.2 Å². The molecule has 0 saturated heterocycles. The second-order valence-corrected chi connectivity index (χ2v) is 3.14. The van der Waals surface area contributed by atoms with Crippen molar-refractivity contribution in [2.75, 3.05) is 7.11 Å². The van der Waals surface area contributed by atoms with Crippen molar-refractivity contribution in [1.82, 2.24) is 4.98 Å². The molecule has 0 aliphatic rings. The molecule has 2 heteroatoms. The molecule has 0 bridgehead atoms. The van der Waals surface area contributed by atoms with Gasteiger partial charge in [0.05, 0.1) is 12.3 Å². The lowest BCUT2D eigenvalue weighted by molar-refractivity contribution is 0.181. The zero-order valence-corrected chi connectivity index (χ0v) is 7.87. The van der Waals surface area contributed by atoms with E-state index in [9.17, 15) is 0 Å². The number of pyridine rings is 1. The molecule has 1 aromatic heterocycles. The maximum atomic E-state index is 5.00. The van der Waals surface area contributed by atoms with Crippen LogP contribution >= 0.6 is 0 Å². The van der Waals surface area contributed by atoms with E-state index in [-0.39, 0.29) is 0 Å². The highest BCUT2D eigenvalue weighted by atomic mass is 16.5. The van der Waals surface area contributed by atoms with Crippen LogP contribution in [0.5, 0.6) is 0 Å². The summed E-state index contributed by atoms with van der Waals surface area (Å²) in [5.41, 5.74) is 2.13. The number of ether oxygens (including phenoxy) is 1. The molecule has 0 radical (unpaired) electrons. The molecule has 66 valence electrons. The molecule has 0 amide bonds. The number of nitrogens with zero attached hydrogens (tertiary/aromatic N) is 1. The predicted octanol–water partition coefficient (Wildman–Crippen LogP) is 2.35. The van der Waals surface area contributed by atoms with Gasteiger partial charge in [0, 0.05) is 12.8 Å². The Morgan fingerprint density at radius 1 is 1.42 bits per heavy atom. The monoisotopic (exact) mass is 165 g/mol. The molecule has 0 atom stereocenters. The third-order valence-electron chi connectivity index (χ3n) is 1.71. The van der Waals surface area contributed by atoms with E-state index < -0.39 is 0 Å². The molecule has 0 N–H and O–H groups in total. The number of hydrogen-bond donors (Lipinski definition) is 0. The van der Waals surface area contributed by atoms with Crippen molar-refractivity contribution in [3.8, 4) is 0 Å². The van der Waals surface area contributed by atoms with E-state index in [1.54, 1.807) is 7.11 Å². The molecule has 0 aliphatic carbocycles. The van der Waals surface area contributed by atoms with Gasteiger partial charge in [-0.25, -0.2) is 0 Å². The van der Waals surface area contributed by atoms with Gasteiger partial charge in [-0.05, 0) is 18.1 Å². The smallest absolute Gasteiger partial charge is 0.0884 e. The molecule has 0 aromatic carbocycles. The lowest BCUT2D eigenvalue weighted by atomic mass is 10.1. The van der Waals surface area contributed by atoms with E-state index in [4.69, 9.17) is 4.74 Å². The van der Waals surface area contributed by atoms with Gasteiger partial charge in [0.2, 0.25) is 0 Å². The Kier molecular flexibility index (Phi) is 3.23. The number of hydrogen-bond acceptors (Lipinski definition) is 2. The summed E-state index contributed by atoms with van der Waals surface area (Å²) in [6.07, 6.45) is 0. The topological polar surface area (TPSA) is 22.1 Å². The Hall–Kier alpha value is -0.890. The van der Waals surface area contributed by atoms with Crippen molar-refractivity contribution < 1.29 is 4.74 Å². The van der Waals surface area contributed by atoms with E-state index in [2.05, 4.69) is 18.8 Å². The van der Waals surface area contributed by atoms with Crippen LogP contribution in [0, 0.1) is 0 Å². The lowest BCUT2D eigenvalue weighted by Crippen LogP contribution is -1.97. The van der Waals surface area contributed by atoms with Gasteiger partial charge in [-0.15, -0.1) is 0 Å². The Bertz CT molecular complexity index is 245. The fourth-order valence-electron chi connectivity index (χ4n) is 1.05. The van der Waals surface area contributed by atoms with Crippen LogP contribution in [0.15, 0.2) is 18.2 Å². The quantitative estimate of drug-likeness (QED) is 0.686. The first-order chi connectivity index (χ1) is 5.74. The van der Waals surface area contributed by atoms with Crippen LogP contribution in [-0.2, 0) is 11.3 Å². The zero-order chi connectivity index (χ0) is 8.97. The van der Waals surface area contributed by atoms with Gasteiger partial charge in [0.1, 0.15) is 0 Å². The Morgan fingerprint density at radius 3 is 2.75 bits per heavy atom. The van der Waals surface area contributed by atoms with Crippen molar-refractivity contribution in [1.29, 1.82) is 0 Å². The van der Waals surface area contributed by atoms with Gasteiger partial charge >= 0.3 is 0 Å². The minimum absolute atomic E-state index is 0.488. The van der Waals surface area contributed by atoms with E-state index in [0.29, 0.717) is 12.5 Å². The first-order valence-electron chi connectivity index (χ1n) is 4.19. The molecule has 0 saturated carbocycles. The molecule has 12 heavy (non-hydrogen) atoms. The molecule has 0 unspecified atom stereocenters. The SMILES string of the molecule is COCc1cccc(C(C)C)n1. The van der Waals surface area contributed by atoms with Crippen LogP contribution < -0.4 is 0 Å². The molecule has 0 fully saturated rings. The molecule has 1 rings (SSSR count). The first-order valence-corrected chi connectivity index (χ1v) is 4.19. The first kappa shape index (κ1) is 9.20. The second-order valence-electron chi connectivity index (χ2n) is 3.14. The number of methoxy groups -OCH3 is 1. The fourth-order valence-corrected chi connectivity index (χ4v) is 1.05. The minimum Gasteiger partial charge on any atom is -0.378 e. The highest BCUT2D eigenvalue weighted by Gasteiger charge is 2.00. The van der Waals surface area contributed by atoms with Crippen LogP contribution in [0.1, 0.15) is 31.2 Å². The van der Waals surface area contributed by atoms with Crippen molar-refractivity contribution in [3.63, 3.8) is 0 Å². The summed E-state index contributed by atoms with van der Waals surface area (Å²) in [4.78, 5) is 4.44. The predicted molar refractivity (Wildman–Crippen MR) is 49.0 cm³/mol. The summed E-state index contributed by atoms with van der Waals surface area (Å²) >= 11 is 0. The normalized spacial score (nSPS) is 10.7. The Morgan fingerprint density at radius 2 is 2.17 bits per heavy atom. The van der Waals surface area contributed by atoms with Gasteiger partial charge < -0.3 is 4.74 Å². The molecule has 1 heterocycles. The van der Waals surface area contributed by atoms with E-state index in [1.165, 1.54) is 0 Å². The standard InChI is InChI=1S/C10H15NO/c1-8(2)10-6-4-5-9(11-10)7-12-3/h4-6,8H,7H2,1-3H3. The van der Waals surface area contributed by atoms with Crippen LogP contribution in [0.2, 0.25) is 0 Å². The van der Waals surface area contributed by atoms with Gasteiger partial charge in [-0.2, -0.15) is 0 Å². The van der Waals surface area contributed by atoms with Crippen LogP contribution in [0.4, 0.5) is 0 Å². The maximum absolute atomic E-state index is 5.00. The molecule has 0 spiro atoms. The van der Waals surface area contributed by atoms with Crippen molar-refractivity contribution in [2.24, 2.45) is 0 Å². The van der Waals surface area contributed by atoms with Crippen LogP contribution in [0.3, 0.4) is 0 Å². The van der Waals surface area contributed by atoms with Crippen LogP contribution in [0.25, 0.3) is 0 Å². The summed E-state index contributed by atoms with van der Waals surface area (Å²) in [5.74, 6) is 0.488. The molecular weight excluding hydrogens is 150 g/mol. The van der Waals surface area contributed by atoms with Crippen molar-refractivity contribution >= 4 is 0 Å². The molecule has 2 nitrogen and oxygen atoms in total. The van der Waals surface area contributed by atoms with Crippen molar-refractivity contribution in [2.45, 2.75) is 26.4 Å². The summed E-state index contributed by atoms with van der Waals surface area (Å²) < 4.78 is 5.00. The Labute approximate surface area is 73.6 Å². The Balaban J connectivity index is 2.81. The van der Waals surface area contributed by atoms with E-state index >= 15 is 0 Å². The third kappa shape index (κ3) is 2.31. The van der Waals surface area contributed by atoms with Crippen LogP contribution in [-0.4, -0.2) is 12.1 Å². The zero-order valence-electron chi connectivity index (χ0n) is 7.87. The number of rotatable bonds is 3. The largest absolute Gasteiger partial charge is 0.378 e. The average molecular weight is 165 g/mol. The van der Waals surface area contributed by atoms with E-state index in [0.717, 1.165) is 11.4 Å². The second kappa shape index (κ2) is 4.21. The lowest BCUT2D eigenvalue weighted by Gasteiger charge is -2.05. The molecule has 1 aromatic rings. The number of aromatic nitrogens is 1. The van der Waals surface area contributed by atoms with Gasteiger partial charge in [0.15, 0.2) is 0 Å². The average Bonchev–Trinajstić information content (AvgIpc) is 2.05. The summed E-state index contributed by atoms with van der Waals surface area (Å²) in [5, 5.41) is 0. The summed E-state index contributed by atoms with van der Waals surface area (Å²) in [6.45, 7) is 4.87.